The summed E-state index contributed by atoms with van der Waals surface area (Å²) in [5, 5.41) is 9.77. The average molecular weight is 274 g/mol. The van der Waals surface area contributed by atoms with Gasteiger partial charge in [-0.1, -0.05) is 6.42 Å². The molecule has 2 nitrogen and oxygen atoms in total. The second-order valence-corrected chi connectivity index (χ2v) is 4.90. The molecule has 0 bridgehead atoms. The number of hydrogen-bond donors (Lipinski definition) is 2. The molecule has 0 aliphatic heterocycles. The molecule has 1 aliphatic carbocycles. The first kappa shape index (κ1) is 10.9. The van der Waals surface area contributed by atoms with E-state index in [1.54, 1.807) is 0 Å². The van der Waals surface area contributed by atoms with Gasteiger partial charge in [-0.3, -0.25) is 0 Å². The van der Waals surface area contributed by atoms with E-state index in [-0.39, 0.29) is 17.6 Å². The molecule has 0 aromatic heterocycles. The van der Waals surface area contributed by atoms with Gasteiger partial charge in [-0.15, -0.1) is 0 Å². The summed E-state index contributed by atoms with van der Waals surface area (Å²) >= 11 is 3.11. The van der Waals surface area contributed by atoms with E-state index in [9.17, 15) is 9.50 Å². The van der Waals surface area contributed by atoms with Crippen LogP contribution in [-0.4, -0.2) is 5.11 Å². The second-order valence-electron chi connectivity index (χ2n) is 4.04. The third kappa shape index (κ3) is 2.01. The maximum Gasteiger partial charge on any atom is 0.134 e. The van der Waals surface area contributed by atoms with Gasteiger partial charge in [0, 0.05) is 11.6 Å². The number of aromatic hydroxyl groups is 1. The van der Waals surface area contributed by atoms with Crippen molar-refractivity contribution in [2.45, 2.75) is 25.3 Å². The summed E-state index contributed by atoms with van der Waals surface area (Å²) in [6.45, 7) is 0. The molecule has 3 N–H and O–H groups in total. The fourth-order valence-electron chi connectivity index (χ4n) is 1.89. The number of hydrogen-bond acceptors (Lipinski definition) is 2. The Morgan fingerprint density at radius 2 is 2.13 bits per heavy atom. The van der Waals surface area contributed by atoms with Crippen LogP contribution in [0.5, 0.6) is 5.75 Å². The molecule has 15 heavy (non-hydrogen) atoms. The lowest BCUT2D eigenvalue weighted by molar-refractivity contribution is 0.260. The Morgan fingerprint density at radius 3 is 2.67 bits per heavy atom. The highest BCUT2D eigenvalue weighted by Crippen LogP contribution is 2.41. The monoisotopic (exact) mass is 273 g/mol. The molecule has 82 valence electrons. The van der Waals surface area contributed by atoms with Crippen LogP contribution in [0.4, 0.5) is 4.39 Å². The zero-order valence-electron chi connectivity index (χ0n) is 8.21. The van der Waals surface area contributed by atoms with E-state index in [1.165, 1.54) is 18.6 Å². The molecule has 0 unspecified atom stereocenters. The van der Waals surface area contributed by atoms with E-state index in [0.717, 1.165) is 12.8 Å². The molecule has 1 aromatic carbocycles. The lowest BCUT2D eigenvalue weighted by Gasteiger charge is -2.31. The molecular formula is C11H13BrFNO. The van der Waals surface area contributed by atoms with Gasteiger partial charge in [0.2, 0.25) is 0 Å². The summed E-state index contributed by atoms with van der Waals surface area (Å²) in [5.74, 6) is 0.0739. The molecule has 0 amide bonds. The van der Waals surface area contributed by atoms with Crippen molar-refractivity contribution in [2.75, 3.05) is 0 Å². The maximum absolute atomic E-state index is 13.2. The average Bonchev–Trinajstić information content (AvgIpc) is 2.08. The molecule has 1 saturated carbocycles. The number of nitrogens with two attached hydrogens (primary N) is 1. The Labute approximate surface area is 96.4 Å². The Kier molecular flexibility index (Phi) is 2.98. The van der Waals surface area contributed by atoms with Crippen molar-refractivity contribution in [1.82, 2.24) is 0 Å². The van der Waals surface area contributed by atoms with Crippen LogP contribution in [0.2, 0.25) is 0 Å². The Bertz CT molecular complexity index is 379. The Hall–Kier alpha value is -0.610. The fourth-order valence-corrected chi connectivity index (χ4v) is 2.34. The lowest BCUT2D eigenvalue weighted by Crippen LogP contribution is -2.27. The van der Waals surface area contributed by atoms with Crippen LogP contribution >= 0.6 is 15.9 Å². The van der Waals surface area contributed by atoms with Gasteiger partial charge >= 0.3 is 0 Å². The smallest absolute Gasteiger partial charge is 0.134 e. The van der Waals surface area contributed by atoms with E-state index < -0.39 is 0 Å². The van der Waals surface area contributed by atoms with Gasteiger partial charge in [-0.2, -0.15) is 0 Å². The molecule has 1 atom stereocenters. The quantitative estimate of drug-likeness (QED) is 0.870. The highest BCUT2D eigenvalue weighted by atomic mass is 79.9. The maximum atomic E-state index is 13.2. The number of benzene rings is 1. The molecule has 1 aromatic rings. The Morgan fingerprint density at radius 1 is 1.47 bits per heavy atom. The van der Waals surface area contributed by atoms with Crippen molar-refractivity contribution in [3.63, 3.8) is 0 Å². The first-order valence-electron chi connectivity index (χ1n) is 5.03. The molecule has 0 saturated heterocycles. The molecule has 0 heterocycles. The SMILES string of the molecule is N[C@@H](c1cc(F)cc(Br)c1O)C1CCC1. The van der Waals surface area contributed by atoms with Gasteiger partial charge < -0.3 is 10.8 Å². The van der Waals surface area contributed by atoms with Crippen LogP contribution in [0.1, 0.15) is 30.9 Å². The number of rotatable bonds is 2. The normalized spacial score (nSPS) is 18.6. The largest absolute Gasteiger partial charge is 0.506 e. The first-order valence-corrected chi connectivity index (χ1v) is 5.82. The topological polar surface area (TPSA) is 46.2 Å². The predicted octanol–water partition coefficient (Wildman–Crippen LogP) is 3.09. The standard InChI is InChI=1S/C11H13BrFNO/c12-9-5-7(13)4-8(11(9)15)10(14)6-2-1-3-6/h4-6,10,15H,1-3,14H2/t10-/m1/s1. The summed E-state index contributed by atoms with van der Waals surface area (Å²) in [6, 6.07) is 2.31. The number of halogens is 2. The van der Waals surface area contributed by atoms with Gasteiger partial charge in [-0.05, 0) is 46.8 Å². The van der Waals surface area contributed by atoms with Crippen LogP contribution in [0.25, 0.3) is 0 Å². The first-order chi connectivity index (χ1) is 7.09. The zero-order valence-corrected chi connectivity index (χ0v) is 9.80. The zero-order chi connectivity index (χ0) is 11.0. The summed E-state index contributed by atoms with van der Waals surface area (Å²) in [7, 11) is 0. The van der Waals surface area contributed by atoms with E-state index >= 15 is 0 Å². The summed E-state index contributed by atoms with van der Waals surface area (Å²) < 4.78 is 13.5. The van der Waals surface area contributed by atoms with Crippen LogP contribution in [0.15, 0.2) is 16.6 Å². The van der Waals surface area contributed by atoms with Crippen LogP contribution in [-0.2, 0) is 0 Å². The van der Waals surface area contributed by atoms with Crippen molar-refractivity contribution >= 4 is 15.9 Å². The molecule has 0 radical (unpaired) electrons. The summed E-state index contributed by atoms with van der Waals surface area (Å²) in [6.07, 6.45) is 3.30. The minimum Gasteiger partial charge on any atom is -0.506 e. The second kappa shape index (κ2) is 4.10. The van der Waals surface area contributed by atoms with Crippen molar-refractivity contribution in [2.24, 2.45) is 11.7 Å². The predicted molar refractivity (Wildman–Crippen MR) is 60.0 cm³/mol. The Balaban J connectivity index is 2.33. The van der Waals surface area contributed by atoms with Gasteiger partial charge in [0.05, 0.1) is 4.47 Å². The minimum absolute atomic E-state index is 0.0656. The third-order valence-corrected chi connectivity index (χ3v) is 3.68. The highest BCUT2D eigenvalue weighted by Gasteiger charge is 2.28. The van der Waals surface area contributed by atoms with E-state index in [1.807, 2.05) is 0 Å². The van der Waals surface area contributed by atoms with Crippen LogP contribution < -0.4 is 5.73 Å². The van der Waals surface area contributed by atoms with Gasteiger partial charge in [-0.25, -0.2) is 4.39 Å². The number of phenols is 1. The fraction of sp³-hybridized carbons (Fsp3) is 0.455. The minimum atomic E-state index is -0.371. The van der Waals surface area contributed by atoms with Crippen molar-refractivity contribution in [3.8, 4) is 5.75 Å². The highest BCUT2D eigenvalue weighted by molar-refractivity contribution is 9.10. The van der Waals surface area contributed by atoms with Gasteiger partial charge in [0.1, 0.15) is 11.6 Å². The van der Waals surface area contributed by atoms with Crippen molar-refractivity contribution in [1.29, 1.82) is 0 Å². The van der Waals surface area contributed by atoms with E-state index in [0.29, 0.717) is 16.0 Å². The van der Waals surface area contributed by atoms with Crippen molar-refractivity contribution < 1.29 is 9.50 Å². The van der Waals surface area contributed by atoms with E-state index in [4.69, 9.17) is 5.73 Å². The summed E-state index contributed by atoms with van der Waals surface area (Å²) in [5.41, 5.74) is 6.50. The van der Waals surface area contributed by atoms with Crippen molar-refractivity contribution in [3.05, 3.63) is 28.0 Å². The van der Waals surface area contributed by atoms with Gasteiger partial charge in [0.15, 0.2) is 0 Å². The van der Waals surface area contributed by atoms with Crippen LogP contribution in [0.3, 0.4) is 0 Å². The van der Waals surface area contributed by atoms with Crippen LogP contribution in [0, 0.1) is 11.7 Å². The van der Waals surface area contributed by atoms with Gasteiger partial charge in [0.25, 0.3) is 0 Å². The summed E-state index contributed by atoms with van der Waals surface area (Å²) in [4.78, 5) is 0. The molecule has 0 spiro atoms. The molecule has 4 heteroatoms. The third-order valence-electron chi connectivity index (χ3n) is 3.07. The lowest BCUT2D eigenvalue weighted by atomic mass is 9.77. The molecular weight excluding hydrogens is 261 g/mol. The van der Waals surface area contributed by atoms with E-state index in [2.05, 4.69) is 15.9 Å². The number of phenolic OH excluding ortho intramolecular Hbond substituents is 1. The molecule has 1 fully saturated rings. The molecule has 2 rings (SSSR count). The molecule has 1 aliphatic rings.